The van der Waals surface area contributed by atoms with Crippen molar-refractivity contribution >= 4 is 27.3 Å². The number of amides is 1. The molecular formula is C17H18ClNO4S. The lowest BCUT2D eigenvalue weighted by Gasteiger charge is -2.15. The van der Waals surface area contributed by atoms with Crippen LogP contribution in [0.5, 0.6) is 5.75 Å². The highest BCUT2D eigenvalue weighted by atomic mass is 35.5. The Labute approximate surface area is 146 Å². The third-order valence-corrected chi connectivity index (χ3v) is 4.82. The van der Waals surface area contributed by atoms with Gasteiger partial charge in [-0.2, -0.15) is 0 Å². The minimum atomic E-state index is -3.23. The first-order chi connectivity index (χ1) is 11.3. The van der Waals surface area contributed by atoms with Gasteiger partial charge in [-0.15, -0.1) is 0 Å². The number of ether oxygens (including phenoxy) is 1. The van der Waals surface area contributed by atoms with Gasteiger partial charge in [0.05, 0.1) is 16.0 Å². The van der Waals surface area contributed by atoms with E-state index in [4.69, 9.17) is 16.3 Å². The Bertz CT molecular complexity index is 819. The van der Waals surface area contributed by atoms with Gasteiger partial charge in [-0.1, -0.05) is 35.9 Å². The molecule has 0 spiro atoms. The summed E-state index contributed by atoms with van der Waals surface area (Å²) in [6, 6.07) is 13.0. The highest BCUT2D eigenvalue weighted by Crippen LogP contribution is 2.23. The smallest absolute Gasteiger partial charge is 0.258 e. The first kappa shape index (κ1) is 18.3. The zero-order valence-electron chi connectivity index (χ0n) is 13.3. The van der Waals surface area contributed by atoms with Crippen molar-refractivity contribution in [2.45, 2.75) is 17.9 Å². The Balaban J connectivity index is 1.93. The monoisotopic (exact) mass is 367 g/mol. The summed E-state index contributed by atoms with van der Waals surface area (Å²) in [4.78, 5) is 12.2. The van der Waals surface area contributed by atoms with Crippen molar-refractivity contribution in [2.75, 3.05) is 12.9 Å². The van der Waals surface area contributed by atoms with Crippen molar-refractivity contribution in [2.24, 2.45) is 0 Å². The molecule has 0 fully saturated rings. The molecule has 0 aromatic heterocycles. The van der Waals surface area contributed by atoms with E-state index in [1.54, 1.807) is 36.4 Å². The molecule has 0 bridgehead atoms. The summed E-state index contributed by atoms with van der Waals surface area (Å²) in [7, 11) is -3.23. The molecule has 24 heavy (non-hydrogen) atoms. The van der Waals surface area contributed by atoms with E-state index >= 15 is 0 Å². The molecule has 0 aliphatic rings. The lowest BCUT2D eigenvalue weighted by atomic mass is 10.1. The summed E-state index contributed by atoms with van der Waals surface area (Å²) in [5.41, 5.74) is 0.800. The van der Waals surface area contributed by atoms with Gasteiger partial charge in [-0.3, -0.25) is 4.79 Å². The molecular weight excluding hydrogens is 350 g/mol. The standard InChI is InChI=1S/C17H18ClNO4S/c1-12(13-7-9-14(10-8-13)24(2,21)22)19-17(20)11-23-16-6-4-3-5-15(16)18/h3-10,12H,11H2,1-2H3,(H,19,20). The van der Waals surface area contributed by atoms with Gasteiger partial charge < -0.3 is 10.1 Å². The molecule has 5 nitrogen and oxygen atoms in total. The molecule has 0 saturated heterocycles. The molecule has 1 unspecified atom stereocenters. The van der Waals surface area contributed by atoms with Crippen molar-refractivity contribution in [1.29, 1.82) is 0 Å². The maximum Gasteiger partial charge on any atom is 0.258 e. The molecule has 0 saturated carbocycles. The first-order valence-corrected chi connectivity index (χ1v) is 9.51. The number of halogens is 1. The average Bonchev–Trinajstić information content (AvgIpc) is 2.53. The van der Waals surface area contributed by atoms with Gasteiger partial charge >= 0.3 is 0 Å². The molecule has 1 amide bonds. The van der Waals surface area contributed by atoms with Gasteiger partial charge in [0.15, 0.2) is 16.4 Å². The van der Waals surface area contributed by atoms with E-state index in [1.807, 2.05) is 6.92 Å². The Morgan fingerprint density at radius 2 is 1.79 bits per heavy atom. The largest absolute Gasteiger partial charge is 0.482 e. The summed E-state index contributed by atoms with van der Waals surface area (Å²) >= 11 is 5.96. The lowest BCUT2D eigenvalue weighted by Crippen LogP contribution is -2.31. The Morgan fingerprint density at radius 1 is 1.17 bits per heavy atom. The number of sulfone groups is 1. The minimum Gasteiger partial charge on any atom is -0.482 e. The number of hydrogen-bond donors (Lipinski definition) is 1. The Kier molecular flexibility index (Phi) is 5.85. The second-order valence-corrected chi connectivity index (χ2v) is 7.77. The molecule has 1 atom stereocenters. The zero-order valence-corrected chi connectivity index (χ0v) is 14.9. The number of carbonyl (C=O) groups is 1. The molecule has 128 valence electrons. The van der Waals surface area contributed by atoms with Crippen LogP contribution >= 0.6 is 11.6 Å². The molecule has 7 heteroatoms. The van der Waals surface area contributed by atoms with Crippen molar-refractivity contribution in [1.82, 2.24) is 5.32 Å². The maximum atomic E-state index is 12.0. The fourth-order valence-electron chi connectivity index (χ4n) is 2.08. The summed E-state index contributed by atoms with van der Waals surface area (Å²) in [6.45, 7) is 1.65. The van der Waals surface area contributed by atoms with Gasteiger partial charge in [-0.25, -0.2) is 8.42 Å². The molecule has 2 aromatic rings. The first-order valence-electron chi connectivity index (χ1n) is 7.24. The third-order valence-electron chi connectivity index (χ3n) is 3.38. The number of hydrogen-bond acceptors (Lipinski definition) is 4. The summed E-state index contributed by atoms with van der Waals surface area (Å²) in [5.74, 6) is 0.147. The van der Waals surface area contributed by atoms with Gasteiger partial charge in [-0.05, 0) is 36.8 Å². The van der Waals surface area contributed by atoms with E-state index in [-0.39, 0.29) is 23.5 Å². The second kappa shape index (κ2) is 7.68. The fourth-order valence-corrected chi connectivity index (χ4v) is 2.90. The van der Waals surface area contributed by atoms with Crippen LogP contribution < -0.4 is 10.1 Å². The van der Waals surface area contributed by atoms with Gasteiger partial charge in [0.1, 0.15) is 5.75 Å². The molecule has 1 N–H and O–H groups in total. The van der Waals surface area contributed by atoms with Gasteiger partial charge in [0.25, 0.3) is 5.91 Å². The van der Waals surface area contributed by atoms with E-state index in [9.17, 15) is 13.2 Å². The zero-order chi connectivity index (χ0) is 17.7. The molecule has 2 rings (SSSR count). The molecule has 0 aliphatic carbocycles. The van der Waals surface area contributed by atoms with E-state index in [2.05, 4.69) is 5.32 Å². The maximum absolute atomic E-state index is 12.0. The van der Waals surface area contributed by atoms with E-state index in [0.29, 0.717) is 10.8 Å². The van der Waals surface area contributed by atoms with Crippen LogP contribution in [0, 0.1) is 0 Å². The van der Waals surface area contributed by atoms with Crippen molar-refractivity contribution in [3.8, 4) is 5.75 Å². The second-order valence-electron chi connectivity index (χ2n) is 5.35. The number of carbonyl (C=O) groups excluding carboxylic acids is 1. The van der Waals surface area contributed by atoms with Crippen LogP contribution in [0.25, 0.3) is 0 Å². The van der Waals surface area contributed by atoms with Gasteiger partial charge in [0, 0.05) is 6.26 Å². The number of rotatable bonds is 6. The number of nitrogens with one attached hydrogen (secondary N) is 1. The van der Waals surface area contributed by atoms with Crippen LogP contribution in [0.1, 0.15) is 18.5 Å². The predicted octanol–water partition coefficient (Wildman–Crippen LogP) is 3.00. The highest BCUT2D eigenvalue weighted by Gasteiger charge is 2.12. The molecule has 2 aromatic carbocycles. The lowest BCUT2D eigenvalue weighted by molar-refractivity contribution is -0.123. The SMILES string of the molecule is CC(NC(=O)COc1ccccc1Cl)c1ccc(S(C)(=O)=O)cc1. The van der Waals surface area contributed by atoms with Gasteiger partial charge in [0.2, 0.25) is 0 Å². The fraction of sp³-hybridized carbons (Fsp3) is 0.235. The summed E-state index contributed by atoms with van der Waals surface area (Å²) < 4.78 is 28.3. The Morgan fingerprint density at radius 3 is 2.38 bits per heavy atom. The minimum absolute atomic E-state index is 0.157. The Hall–Kier alpha value is -2.05. The summed E-state index contributed by atoms with van der Waals surface area (Å²) in [6.07, 6.45) is 1.15. The average molecular weight is 368 g/mol. The quantitative estimate of drug-likeness (QED) is 0.851. The van der Waals surface area contributed by atoms with E-state index in [0.717, 1.165) is 11.8 Å². The van der Waals surface area contributed by atoms with Crippen LogP contribution in [0.15, 0.2) is 53.4 Å². The van der Waals surface area contributed by atoms with Crippen LogP contribution in [0.2, 0.25) is 5.02 Å². The highest BCUT2D eigenvalue weighted by molar-refractivity contribution is 7.90. The molecule has 0 heterocycles. The number of para-hydroxylation sites is 1. The predicted molar refractivity (Wildman–Crippen MR) is 93.1 cm³/mol. The normalized spacial score (nSPS) is 12.5. The van der Waals surface area contributed by atoms with Crippen LogP contribution in [0.4, 0.5) is 0 Å². The third kappa shape index (κ3) is 4.97. The van der Waals surface area contributed by atoms with E-state index in [1.165, 1.54) is 12.1 Å². The van der Waals surface area contributed by atoms with Crippen LogP contribution in [-0.2, 0) is 14.6 Å². The van der Waals surface area contributed by atoms with Crippen LogP contribution in [-0.4, -0.2) is 27.2 Å². The molecule has 0 aliphatic heterocycles. The van der Waals surface area contributed by atoms with Crippen LogP contribution in [0.3, 0.4) is 0 Å². The summed E-state index contributed by atoms with van der Waals surface area (Å²) in [5, 5.41) is 3.23. The number of benzene rings is 2. The molecule has 0 radical (unpaired) electrons. The topological polar surface area (TPSA) is 72.5 Å². The van der Waals surface area contributed by atoms with Crippen molar-refractivity contribution < 1.29 is 17.9 Å². The van der Waals surface area contributed by atoms with E-state index < -0.39 is 9.84 Å². The van der Waals surface area contributed by atoms with Crippen molar-refractivity contribution in [3.05, 3.63) is 59.1 Å². The van der Waals surface area contributed by atoms with Crippen molar-refractivity contribution in [3.63, 3.8) is 0 Å².